The van der Waals surface area contributed by atoms with E-state index in [1.54, 1.807) is 17.0 Å². The standard InChI is InChI=1S/C19H22N2O3/c1-13-5-6-16(14(2)12-13)18(22)20-15-7-9-21(10-8-15)19(23)17-4-3-11-24-17/h3-6,11-12,15H,7-10H2,1-2H3,(H,20,22). The molecule has 0 atom stereocenters. The predicted molar refractivity (Wildman–Crippen MR) is 91.0 cm³/mol. The topological polar surface area (TPSA) is 62.6 Å². The molecule has 1 fully saturated rings. The second-order valence-electron chi connectivity index (χ2n) is 6.34. The van der Waals surface area contributed by atoms with Crippen LogP contribution in [0.4, 0.5) is 0 Å². The number of nitrogens with zero attached hydrogens (tertiary/aromatic N) is 1. The summed E-state index contributed by atoms with van der Waals surface area (Å²) in [6.45, 7) is 5.21. The Morgan fingerprint density at radius 1 is 1.17 bits per heavy atom. The fourth-order valence-electron chi connectivity index (χ4n) is 3.11. The summed E-state index contributed by atoms with van der Waals surface area (Å²) in [4.78, 5) is 26.4. The molecular formula is C19H22N2O3. The van der Waals surface area contributed by atoms with Gasteiger partial charge in [0, 0.05) is 24.7 Å². The summed E-state index contributed by atoms with van der Waals surface area (Å²) in [6, 6.07) is 9.32. The van der Waals surface area contributed by atoms with E-state index in [-0.39, 0.29) is 17.9 Å². The van der Waals surface area contributed by atoms with Gasteiger partial charge >= 0.3 is 0 Å². The second kappa shape index (κ2) is 6.91. The summed E-state index contributed by atoms with van der Waals surface area (Å²) in [5.74, 6) is 0.246. The van der Waals surface area contributed by atoms with E-state index in [4.69, 9.17) is 4.42 Å². The van der Waals surface area contributed by atoms with E-state index in [2.05, 4.69) is 5.32 Å². The number of piperidine rings is 1. The summed E-state index contributed by atoms with van der Waals surface area (Å²) in [7, 11) is 0. The van der Waals surface area contributed by atoms with Crippen LogP contribution < -0.4 is 5.32 Å². The van der Waals surface area contributed by atoms with Crippen LogP contribution in [0.25, 0.3) is 0 Å². The van der Waals surface area contributed by atoms with Gasteiger partial charge in [-0.25, -0.2) is 0 Å². The zero-order valence-electron chi connectivity index (χ0n) is 14.0. The second-order valence-corrected chi connectivity index (χ2v) is 6.34. The zero-order valence-corrected chi connectivity index (χ0v) is 14.0. The molecule has 24 heavy (non-hydrogen) atoms. The summed E-state index contributed by atoms with van der Waals surface area (Å²) >= 11 is 0. The number of hydrogen-bond donors (Lipinski definition) is 1. The zero-order chi connectivity index (χ0) is 17.1. The molecule has 1 aliphatic heterocycles. The van der Waals surface area contributed by atoms with Gasteiger partial charge in [-0.15, -0.1) is 0 Å². The number of furan rings is 1. The lowest BCUT2D eigenvalue weighted by atomic mass is 10.0. The molecule has 0 radical (unpaired) electrons. The Balaban J connectivity index is 1.55. The monoisotopic (exact) mass is 326 g/mol. The first-order chi connectivity index (χ1) is 11.5. The molecule has 1 saturated heterocycles. The molecule has 1 N–H and O–H groups in total. The highest BCUT2D eigenvalue weighted by atomic mass is 16.3. The molecule has 3 rings (SSSR count). The van der Waals surface area contributed by atoms with Crippen molar-refractivity contribution >= 4 is 11.8 Å². The van der Waals surface area contributed by atoms with Gasteiger partial charge in [0.25, 0.3) is 11.8 Å². The van der Waals surface area contributed by atoms with Crippen molar-refractivity contribution in [3.05, 3.63) is 59.0 Å². The fourth-order valence-corrected chi connectivity index (χ4v) is 3.11. The Bertz CT molecular complexity index is 729. The van der Waals surface area contributed by atoms with Gasteiger partial charge in [-0.3, -0.25) is 9.59 Å². The molecule has 1 aromatic heterocycles. The Morgan fingerprint density at radius 2 is 1.92 bits per heavy atom. The van der Waals surface area contributed by atoms with Crippen LogP contribution in [0, 0.1) is 13.8 Å². The van der Waals surface area contributed by atoms with Crippen molar-refractivity contribution in [3.63, 3.8) is 0 Å². The van der Waals surface area contributed by atoms with E-state index in [1.165, 1.54) is 6.26 Å². The minimum atomic E-state index is -0.0841. The van der Waals surface area contributed by atoms with Crippen LogP contribution in [-0.4, -0.2) is 35.8 Å². The summed E-state index contributed by atoms with van der Waals surface area (Å²) in [5, 5.41) is 3.09. The maximum absolute atomic E-state index is 12.4. The normalized spacial score (nSPS) is 15.3. The first-order valence-electron chi connectivity index (χ1n) is 8.25. The van der Waals surface area contributed by atoms with E-state index in [1.807, 2.05) is 32.0 Å². The molecule has 126 valence electrons. The van der Waals surface area contributed by atoms with Crippen LogP contribution in [0.5, 0.6) is 0 Å². The Morgan fingerprint density at radius 3 is 2.54 bits per heavy atom. The number of benzene rings is 1. The van der Waals surface area contributed by atoms with Crippen molar-refractivity contribution in [1.29, 1.82) is 0 Å². The summed E-state index contributed by atoms with van der Waals surface area (Å²) in [5.41, 5.74) is 2.85. The number of amides is 2. The highest BCUT2D eigenvalue weighted by Crippen LogP contribution is 2.16. The van der Waals surface area contributed by atoms with Crippen LogP contribution in [0.15, 0.2) is 41.0 Å². The van der Waals surface area contributed by atoms with Gasteiger partial charge in [-0.1, -0.05) is 17.7 Å². The quantitative estimate of drug-likeness (QED) is 0.943. The molecule has 0 saturated carbocycles. The van der Waals surface area contributed by atoms with Crippen LogP contribution in [0.1, 0.15) is 44.9 Å². The maximum Gasteiger partial charge on any atom is 0.289 e. The third kappa shape index (κ3) is 3.50. The van der Waals surface area contributed by atoms with Gasteiger partial charge in [0.15, 0.2) is 5.76 Å². The number of nitrogens with one attached hydrogen (secondary N) is 1. The summed E-state index contributed by atoms with van der Waals surface area (Å²) < 4.78 is 5.16. The van der Waals surface area contributed by atoms with Crippen molar-refractivity contribution in [1.82, 2.24) is 10.2 Å². The third-order valence-corrected chi connectivity index (χ3v) is 4.48. The number of aryl methyl sites for hydroxylation is 2. The average Bonchev–Trinajstić information content (AvgIpc) is 3.09. The van der Waals surface area contributed by atoms with Crippen molar-refractivity contribution in [2.24, 2.45) is 0 Å². The Kier molecular flexibility index (Phi) is 4.69. The minimum Gasteiger partial charge on any atom is -0.459 e. The summed E-state index contributed by atoms with van der Waals surface area (Å²) in [6.07, 6.45) is 3.01. The number of rotatable bonds is 3. The lowest BCUT2D eigenvalue weighted by Gasteiger charge is -2.32. The largest absolute Gasteiger partial charge is 0.459 e. The SMILES string of the molecule is Cc1ccc(C(=O)NC2CCN(C(=O)c3ccco3)CC2)c(C)c1. The molecule has 0 unspecified atom stereocenters. The first kappa shape index (κ1) is 16.3. The van der Waals surface area contributed by atoms with Crippen molar-refractivity contribution in [2.75, 3.05) is 13.1 Å². The van der Waals surface area contributed by atoms with E-state index >= 15 is 0 Å². The van der Waals surface area contributed by atoms with Crippen LogP contribution in [0.2, 0.25) is 0 Å². The highest BCUT2D eigenvalue weighted by Gasteiger charge is 2.26. The van der Waals surface area contributed by atoms with Crippen molar-refractivity contribution < 1.29 is 14.0 Å². The lowest BCUT2D eigenvalue weighted by molar-refractivity contribution is 0.0667. The number of likely N-dealkylation sites (tertiary alicyclic amines) is 1. The maximum atomic E-state index is 12.4. The molecule has 5 heteroatoms. The average molecular weight is 326 g/mol. The van der Waals surface area contributed by atoms with Crippen molar-refractivity contribution in [2.45, 2.75) is 32.7 Å². The van der Waals surface area contributed by atoms with E-state index in [0.29, 0.717) is 18.8 Å². The van der Waals surface area contributed by atoms with E-state index in [9.17, 15) is 9.59 Å². The minimum absolute atomic E-state index is 0.0386. The molecule has 2 heterocycles. The smallest absolute Gasteiger partial charge is 0.289 e. The molecule has 2 aromatic rings. The number of hydrogen-bond acceptors (Lipinski definition) is 3. The fraction of sp³-hybridized carbons (Fsp3) is 0.368. The van der Waals surface area contributed by atoms with Gasteiger partial charge in [0.2, 0.25) is 0 Å². The first-order valence-corrected chi connectivity index (χ1v) is 8.25. The van der Waals surface area contributed by atoms with Gasteiger partial charge in [-0.05, 0) is 50.5 Å². The molecule has 0 bridgehead atoms. The third-order valence-electron chi connectivity index (χ3n) is 4.48. The van der Waals surface area contributed by atoms with Crippen LogP contribution >= 0.6 is 0 Å². The molecule has 2 amide bonds. The number of carbonyl (C=O) groups excluding carboxylic acids is 2. The van der Waals surface area contributed by atoms with Gasteiger partial charge < -0.3 is 14.6 Å². The van der Waals surface area contributed by atoms with Crippen LogP contribution in [-0.2, 0) is 0 Å². The molecule has 1 aliphatic rings. The highest BCUT2D eigenvalue weighted by molar-refractivity contribution is 5.96. The Labute approximate surface area is 141 Å². The molecule has 1 aromatic carbocycles. The van der Waals surface area contributed by atoms with Gasteiger partial charge in [0.1, 0.15) is 0 Å². The molecule has 5 nitrogen and oxygen atoms in total. The van der Waals surface area contributed by atoms with E-state index in [0.717, 1.165) is 29.5 Å². The molecule has 0 spiro atoms. The van der Waals surface area contributed by atoms with Gasteiger partial charge in [-0.2, -0.15) is 0 Å². The Hall–Kier alpha value is -2.56. The lowest BCUT2D eigenvalue weighted by Crippen LogP contribution is -2.46. The van der Waals surface area contributed by atoms with E-state index < -0.39 is 0 Å². The van der Waals surface area contributed by atoms with Gasteiger partial charge in [0.05, 0.1) is 6.26 Å². The predicted octanol–water partition coefficient (Wildman–Crippen LogP) is 2.93. The number of carbonyl (C=O) groups is 2. The van der Waals surface area contributed by atoms with Crippen LogP contribution in [0.3, 0.4) is 0 Å². The van der Waals surface area contributed by atoms with Crippen molar-refractivity contribution in [3.8, 4) is 0 Å². The molecule has 0 aliphatic carbocycles. The molecular weight excluding hydrogens is 304 g/mol.